The van der Waals surface area contributed by atoms with Crippen LogP contribution in [-0.2, 0) is 9.68 Å². The van der Waals surface area contributed by atoms with Crippen LogP contribution in [0.4, 0.5) is 4.39 Å². The van der Waals surface area contributed by atoms with Crippen LogP contribution in [0, 0.1) is 5.82 Å². The highest BCUT2D eigenvalue weighted by Gasteiger charge is 2.22. The fourth-order valence-electron chi connectivity index (χ4n) is 2.74. The van der Waals surface area contributed by atoms with Crippen molar-refractivity contribution >= 4 is 23.1 Å². The summed E-state index contributed by atoms with van der Waals surface area (Å²) in [5, 5.41) is 4.55. The molecule has 32 heavy (non-hydrogen) atoms. The van der Waals surface area contributed by atoms with Crippen LogP contribution in [-0.4, -0.2) is 41.8 Å². The van der Waals surface area contributed by atoms with Gasteiger partial charge >= 0.3 is 0 Å². The van der Waals surface area contributed by atoms with Crippen LogP contribution in [0.5, 0.6) is 23.3 Å². The Hall–Kier alpha value is -3.76. The number of aliphatic imine (C=N–C) groups is 1. The lowest BCUT2D eigenvalue weighted by atomic mass is 10.1. The van der Waals surface area contributed by atoms with E-state index in [0.29, 0.717) is 41.0 Å². The van der Waals surface area contributed by atoms with E-state index < -0.39 is 5.82 Å². The van der Waals surface area contributed by atoms with E-state index in [9.17, 15) is 0 Å². The molecule has 0 amide bonds. The number of oxime groups is 1. The number of rotatable bonds is 7. The van der Waals surface area contributed by atoms with Gasteiger partial charge < -0.3 is 14.3 Å². The second kappa shape index (κ2) is 10.0. The maximum absolute atomic E-state index is 15.0. The maximum atomic E-state index is 15.0. The molecule has 0 bridgehead atoms. The lowest BCUT2D eigenvalue weighted by Crippen LogP contribution is -2.37. The zero-order valence-electron chi connectivity index (χ0n) is 16.8. The van der Waals surface area contributed by atoms with Crippen molar-refractivity contribution in [2.45, 2.75) is 0 Å². The average molecular weight is 458 g/mol. The van der Waals surface area contributed by atoms with Crippen LogP contribution >= 0.6 is 11.6 Å². The molecule has 2 aromatic carbocycles. The number of amidine groups is 1. The maximum Gasteiger partial charge on any atom is 0.263 e. The van der Waals surface area contributed by atoms with Gasteiger partial charge in [0.2, 0.25) is 5.82 Å². The average Bonchev–Trinajstić information content (AvgIpc) is 2.82. The molecule has 1 aromatic heterocycles. The molecule has 164 valence electrons. The molecule has 4 rings (SSSR count). The minimum Gasteiger partial charge on any atom is -0.436 e. The molecule has 11 heteroatoms. The molecule has 3 aromatic rings. The smallest absolute Gasteiger partial charge is 0.263 e. The number of hydrogen-bond acceptors (Lipinski definition) is 9. The molecule has 0 spiro atoms. The third-order valence-electron chi connectivity index (χ3n) is 4.14. The lowest BCUT2D eigenvalue weighted by molar-refractivity contribution is 0.0836. The summed E-state index contributed by atoms with van der Waals surface area (Å²) >= 11 is 5.87. The Bertz CT molecular complexity index is 1160. The first kappa shape index (κ1) is 21.5. The molecule has 1 aliphatic rings. The highest BCUT2D eigenvalue weighted by Crippen LogP contribution is 2.31. The van der Waals surface area contributed by atoms with Gasteiger partial charge in [-0.2, -0.15) is 14.4 Å². The number of halogens is 2. The van der Waals surface area contributed by atoms with Crippen molar-refractivity contribution in [3.8, 4) is 23.3 Å². The third kappa shape index (κ3) is 4.93. The largest absolute Gasteiger partial charge is 0.436 e. The monoisotopic (exact) mass is 457 g/mol. The van der Waals surface area contributed by atoms with Crippen LogP contribution in [0.3, 0.4) is 0 Å². The third-order valence-corrected chi connectivity index (χ3v) is 4.39. The Labute approximate surface area is 187 Å². The molecule has 0 saturated carbocycles. The number of aromatic nitrogens is 2. The van der Waals surface area contributed by atoms with Crippen LogP contribution in [0.15, 0.2) is 65.0 Å². The van der Waals surface area contributed by atoms with E-state index in [4.69, 9.17) is 30.7 Å². The van der Waals surface area contributed by atoms with Crippen LogP contribution < -0.4 is 15.0 Å². The van der Waals surface area contributed by atoms with Gasteiger partial charge in [-0.25, -0.2) is 5.48 Å². The molecule has 1 aliphatic heterocycles. The zero-order valence-corrected chi connectivity index (χ0v) is 17.5. The van der Waals surface area contributed by atoms with Crippen LogP contribution in [0.25, 0.3) is 0 Å². The van der Waals surface area contributed by atoms with Crippen LogP contribution in [0.1, 0.15) is 5.56 Å². The summed E-state index contributed by atoms with van der Waals surface area (Å²) in [5.74, 6) is -0.541. The first-order valence-electron chi connectivity index (χ1n) is 9.40. The van der Waals surface area contributed by atoms with E-state index in [2.05, 4.69) is 25.6 Å². The Morgan fingerprint density at radius 2 is 1.84 bits per heavy atom. The van der Waals surface area contributed by atoms with Crippen molar-refractivity contribution in [3.05, 3.63) is 71.3 Å². The van der Waals surface area contributed by atoms with Crippen molar-refractivity contribution in [1.29, 1.82) is 0 Å². The molecule has 0 unspecified atom stereocenters. The highest BCUT2D eigenvalue weighted by molar-refractivity contribution is 6.47. The van der Waals surface area contributed by atoms with Crippen molar-refractivity contribution in [3.63, 3.8) is 0 Å². The molecular weight excluding hydrogens is 441 g/mol. The number of ether oxygens (including phenoxy) is 2. The molecule has 0 saturated heterocycles. The van der Waals surface area contributed by atoms with Gasteiger partial charge in [0.25, 0.3) is 11.8 Å². The Kier molecular flexibility index (Phi) is 6.73. The normalized spacial score (nSPS) is 13.7. The van der Waals surface area contributed by atoms with E-state index in [-0.39, 0.29) is 17.5 Å². The minimum atomic E-state index is -0.876. The summed E-state index contributed by atoms with van der Waals surface area (Å²) in [6.07, 6.45) is 1.14. The zero-order chi connectivity index (χ0) is 22.3. The van der Waals surface area contributed by atoms with Gasteiger partial charge in [-0.15, -0.1) is 0 Å². The number of hydroxylamine groups is 1. The predicted molar refractivity (Wildman–Crippen MR) is 115 cm³/mol. The van der Waals surface area contributed by atoms with Gasteiger partial charge in [-0.05, 0) is 36.4 Å². The van der Waals surface area contributed by atoms with E-state index in [1.165, 1.54) is 7.11 Å². The van der Waals surface area contributed by atoms with E-state index in [0.717, 1.165) is 6.33 Å². The topological polar surface area (TPSA) is 99.5 Å². The molecule has 1 N–H and O–H groups in total. The quantitative estimate of drug-likeness (QED) is 0.420. The number of para-hydroxylation sites is 1. The second-order valence-electron chi connectivity index (χ2n) is 6.26. The summed E-state index contributed by atoms with van der Waals surface area (Å²) < 4.78 is 26.3. The fraction of sp³-hybridized carbons (Fsp3) is 0.143. The Balaban J connectivity index is 1.64. The second-order valence-corrected chi connectivity index (χ2v) is 6.69. The number of hydrogen-bond donors (Lipinski definition) is 1. The summed E-state index contributed by atoms with van der Waals surface area (Å²) in [7, 11) is 1.40. The van der Waals surface area contributed by atoms with Crippen molar-refractivity contribution in [2.24, 2.45) is 10.1 Å². The van der Waals surface area contributed by atoms with Crippen molar-refractivity contribution in [1.82, 2.24) is 15.4 Å². The first-order valence-corrected chi connectivity index (χ1v) is 9.78. The van der Waals surface area contributed by atoms with Gasteiger partial charge in [0.15, 0.2) is 11.5 Å². The summed E-state index contributed by atoms with van der Waals surface area (Å²) in [4.78, 5) is 22.3. The molecule has 0 aliphatic carbocycles. The summed E-state index contributed by atoms with van der Waals surface area (Å²) in [6, 6.07) is 13.3. The molecular formula is C21H17ClFN5O4. The van der Waals surface area contributed by atoms with E-state index >= 15 is 4.39 Å². The Morgan fingerprint density at radius 1 is 1.09 bits per heavy atom. The number of nitrogens with one attached hydrogen (secondary N) is 1. The Morgan fingerprint density at radius 3 is 2.56 bits per heavy atom. The van der Waals surface area contributed by atoms with Crippen molar-refractivity contribution < 1.29 is 23.5 Å². The molecule has 0 fully saturated rings. The van der Waals surface area contributed by atoms with Gasteiger partial charge in [0.1, 0.15) is 24.9 Å². The SMILES string of the molecule is CO/N=C(/C1=NCCON1)c1ccccc1Oc1ncnc(Oc2ccc(Cl)cc2)c1F. The van der Waals surface area contributed by atoms with Crippen molar-refractivity contribution in [2.75, 3.05) is 20.3 Å². The summed E-state index contributed by atoms with van der Waals surface area (Å²) in [5.41, 5.74) is 3.49. The van der Waals surface area contributed by atoms with Gasteiger partial charge in [0.05, 0.1) is 18.7 Å². The molecule has 0 radical (unpaired) electrons. The van der Waals surface area contributed by atoms with Gasteiger partial charge in [-0.1, -0.05) is 28.9 Å². The van der Waals surface area contributed by atoms with E-state index in [1.54, 1.807) is 48.5 Å². The van der Waals surface area contributed by atoms with Crippen LogP contribution in [0.2, 0.25) is 5.02 Å². The summed E-state index contributed by atoms with van der Waals surface area (Å²) in [6.45, 7) is 0.866. The first-order chi connectivity index (χ1) is 15.7. The molecule has 2 heterocycles. The van der Waals surface area contributed by atoms with E-state index in [1.807, 2.05) is 0 Å². The molecule has 0 atom stereocenters. The molecule has 9 nitrogen and oxygen atoms in total. The standard InChI is InChI=1S/C21H17ClFN5O4/c1-29-27-18(19-24-10-11-30-28-19)15-4-2-3-5-16(15)32-21-17(23)20(25-12-26-21)31-14-8-6-13(22)7-9-14/h2-9,12H,10-11H2,1H3,(H,24,28)/b27-18+. The lowest BCUT2D eigenvalue weighted by Gasteiger charge is -2.17. The number of benzene rings is 2. The fourth-order valence-corrected chi connectivity index (χ4v) is 2.87. The highest BCUT2D eigenvalue weighted by atomic mass is 35.5. The van der Waals surface area contributed by atoms with Gasteiger partial charge in [-0.3, -0.25) is 9.83 Å². The predicted octanol–water partition coefficient (Wildman–Crippen LogP) is 4.14. The number of nitrogens with zero attached hydrogens (tertiary/aromatic N) is 4. The minimum absolute atomic E-state index is 0.258. The van der Waals surface area contributed by atoms with Gasteiger partial charge in [0, 0.05) is 5.02 Å².